The van der Waals surface area contributed by atoms with Crippen LogP contribution in [0.3, 0.4) is 0 Å². The molecule has 3 heteroatoms. The minimum atomic E-state index is -0.213. The van der Waals surface area contributed by atoms with E-state index in [1.807, 2.05) is 0 Å². The predicted octanol–water partition coefficient (Wildman–Crippen LogP) is 4.83. The Kier molecular flexibility index (Phi) is 4.29. The highest BCUT2D eigenvalue weighted by Crippen LogP contribution is 2.65. The van der Waals surface area contributed by atoms with Crippen molar-refractivity contribution in [3.8, 4) is 0 Å². The second-order valence-corrected chi connectivity index (χ2v) is 10.5. The molecule has 3 nitrogen and oxygen atoms in total. The summed E-state index contributed by atoms with van der Waals surface area (Å²) < 4.78 is 12.1. The number of carbonyl (C=O) groups is 1. The topological polar surface area (TPSA) is 35.5 Å². The van der Waals surface area contributed by atoms with Gasteiger partial charge in [-0.15, -0.1) is 0 Å². The molecule has 0 aromatic heterocycles. The highest BCUT2D eigenvalue weighted by atomic mass is 16.7. The largest absolute Gasteiger partial charge is 0.348 e. The summed E-state index contributed by atoms with van der Waals surface area (Å²) in [5, 5.41) is 0. The lowest BCUT2D eigenvalue weighted by molar-refractivity contribution is -0.209. The first-order chi connectivity index (χ1) is 12.6. The van der Waals surface area contributed by atoms with Gasteiger partial charge in [0.25, 0.3) is 0 Å². The van der Waals surface area contributed by atoms with Gasteiger partial charge in [-0.3, -0.25) is 0 Å². The Bertz CT molecular complexity index is 554. The van der Waals surface area contributed by atoms with Gasteiger partial charge in [0.15, 0.2) is 5.79 Å². The Balaban J connectivity index is 1.34. The van der Waals surface area contributed by atoms with E-state index < -0.39 is 0 Å². The number of rotatable bonds is 2. The fourth-order valence-corrected chi connectivity index (χ4v) is 8.58. The van der Waals surface area contributed by atoms with Crippen molar-refractivity contribution in [2.45, 2.75) is 77.4 Å². The average molecular weight is 361 g/mol. The van der Waals surface area contributed by atoms with Gasteiger partial charge in [0.05, 0.1) is 13.2 Å². The van der Waals surface area contributed by atoms with Crippen LogP contribution in [0.15, 0.2) is 0 Å². The molecule has 0 aromatic rings. The van der Waals surface area contributed by atoms with Crippen LogP contribution >= 0.6 is 0 Å². The molecule has 146 valence electrons. The Morgan fingerprint density at radius 2 is 1.69 bits per heavy atom. The summed E-state index contributed by atoms with van der Waals surface area (Å²) in [6, 6.07) is 0. The second kappa shape index (κ2) is 6.30. The Morgan fingerprint density at radius 1 is 0.923 bits per heavy atom. The van der Waals surface area contributed by atoms with E-state index >= 15 is 0 Å². The number of hydrogen-bond acceptors (Lipinski definition) is 3. The van der Waals surface area contributed by atoms with E-state index in [2.05, 4.69) is 13.8 Å². The van der Waals surface area contributed by atoms with Crippen molar-refractivity contribution in [2.75, 3.05) is 13.2 Å². The van der Waals surface area contributed by atoms with E-state index in [1.54, 1.807) is 0 Å². The fraction of sp³-hybridized carbons (Fsp3) is 0.957. The lowest BCUT2D eigenvalue weighted by Gasteiger charge is -2.57. The van der Waals surface area contributed by atoms with Crippen molar-refractivity contribution in [1.82, 2.24) is 0 Å². The van der Waals surface area contributed by atoms with Crippen LogP contribution in [0.1, 0.15) is 71.6 Å². The van der Waals surface area contributed by atoms with E-state index in [9.17, 15) is 4.79 Å². The van der Waals surface area contributed by atoms with E-state index in [0.717, 1.165) is 55.6 Å². The smallest absolute Gasteiger partial charge is 0.168 e. The van der Waals surface area contributed by atoms with Crippen LogP contribution in [0.4, 0.5) is 0 Å². The molecule has 1 spiro atoms. The highest BCUT2D eigenvalue weighted by molar-refractivity contribution is 5.53. The molecule has 26 heavy (non-hydrogen) atoms. The third-order valence-electron chi connectivity index (χ3n) is 9.69. The van der Waals surface area contributed by atoms with Gasteiger partial charge in [-0.05, 0) is 85.9 Å². The van der Waals surface area contributed by atoms with Gasteiger partial charge < -0.3 is 14.3 Å². The molecule has 0 N–H and O–H groups in total. The number of carbonyl (C=O) groups excluding carboxylic acids is 1. The van der Waals surface area contributed by atoms with E-state index in [4.69, 9.17) is 9.47 Å². The number of ether oxygens (including phenoxy) is 2. The van der Waals surface area contributed by atoms with Crippen molar-refractivity contribution < 1.29 is 14.3 Å². The molecule has 8 atom stereocenters. The molecule has 1 aliphatic heterocycles. The number of aldehydes is 1. The van der Waals surface area contributed by atoms with Crippen molar-refractivity contribution in [1.29, 1.82) is 0 Å². The molecule has 5 rings (SSSR count). The molecule has 0 bridgehead atoms. The van der Waals surface area contributed by atoms with Gasteiger partial charge in [-0.2, -0.15) is 0 Å². The third kappa shape index (κ3) is 2.49. The molecule has 0 unspecified atom stereocenters. The van der Waals surface area contributed by atoms with Crippen molar-refractivity contribution in [3.05, 3.63) is 0 Å². The fourth-order valence-electron chi connectivity index (χ4n) is 8.58. The summed E-state index contributed by atoms with van der Waals surface area (Å²) in [6.07, 6.45) is 13.0. The van der Waals surface area contributed by atoms with Gasteiger partial charge in [0.1, 0.15) is 6.29 Å². The van der Waals surface area contributed by atoms with Gasteiger partial charge in [0.2, 0.25) is 0 Å². The van der Waals surface area contributed by atoms with E-state index in [0.29, 0.717) is 11.3 Å². The normalized spacial score (nSPS) is 50.7. The summed E-state index contributed by atoms with van der Waals surface area (Å²) in [6.45, 7) is 6.28. The molecule has 0 amide bonds. The van der Waals surface area contributed by atoms with Crippen LogP contribution in [0.2, 0.25) is 0 Å². The summed E-state index contributed by atoms with van der Waals surface area (Å²) in [4.78, 5) is 11.5. The summed E-state index contributed by atoms with van der Waals surface area (Å²) in [5.74, 6) is 5.08. The molecular weight excluding hydrogens is 324 g/mol. The Labute approximate surface area is 158 Å². The molecule has 4 saturated carbocycles. The SMILES string of the molecule is C[C@H](C=O)[C@H]1CC[C@H]2[C@@H]3CC[C@@H]4CC5(CC[C@@H]4[C@H]3CC[C@]12C)OCCO5. The van der Waals surface area contributed by atoms with E-state index in [-0.39, 0.29) is 11.7 Å². The maximum Gasteiger partial charge on any atom is 0.168 e. The van der Waals surface area contributed by atoms with Crippen LogP contribution in [-0.2, 0) is 14.3 Å². The van der Waals surface area contributed by atoms with Crippen molar-refractivity contribution >= 4 is 6.29 Å². The van der Waals surface area contributed by atoms with Crippen LogP contribution in [-0.4, -0.2) is 25.3 Å². The van der Waals surface area contributed by atoms with Crippen LogP contribution in [0.25, 0.3) is 0 Å². The summed E-state index contributed by atoms with van der Waals surface area (Å²) in [5.41, 5.74) is 0.419. The Hall–Kier alpha value is -0.410. The maximum absolute atomic E-state index is 11.5. The zero-order chi connectivity index (χ0) is 17.9. The van der Waals surface area contributed by atoms with Crippen LogP contribution in [0, 0.1) is 46.8 Å². The van der Waals surface area contributed by atoms with Gasteiger partial charge in [-0.1, -0.05) is 13.8 Å². The standard InChI is InChI=1S/C23H36O3/c1-15(14-24)20-5-6-21-19-4-3-16-13-23(25-11-12-26-23)10-8-17(16)18(19)7-9-22(20,21)2/h14-21H,3-13H2,1-2H3/t15-,16-,17+,18-,19-,20-,21+,22-/m1/s1. The average Bonchev–Trinajstić information content (AvgIpc) is 3.24. The quantitative estimate of drug-likeness (QED) is 0.662. The third-order valence-corrected chi connectivity index (χ3v) is 9.69. The molecule has 0 aromatic carbocycles. The van der Waals surface area contributed by atoms with E-state index in [1.165, 1.54) is 51.2 Å². The van der Waals surface area contributed by atoms with Gasteiger partial charge >= 0.3 is 0 Å². The lowest BCUT2D eigenvalue weighted by Crippen LogP contribution is -2.51. The molecule has 1 saturated heterocycles. The second-order valence-electron chi connectivity index (χ2n) is 10.5. The molecule has 5 fully saturated rings. The molecule has 4 aliphatic carbocycles. The summed E-state index contributed by atoms with van der Waals surface area (Å²) >= 11 is 0. The minimum Gasteiger partial charge on any atom is -0.348 e. The highest BCUT2D eigenvalue weighted by Gasteiger charge is 2.59. The van der Waals surface area contributed by atoms with Gasteiger partial charge in [0, 0.05) is 18.8 Å². The maximum atomic E-state index is 11.5. The lowest BCUT2D eigenvalue weighted by atomic mass is 9.49. The zero-order valence-corrected chi connectivity index (χ0v) is 16.6. The number of hydrogen-bond donors (Lipinski definition) is 0. The first-order valence-electron chi connectivity index (χ1n) is 11.3. The van der Waals surface area contributed by atoms with Crippen LogP contribution < -0.4 is 0 Å². The van der Waals surface area contributed by atoms with Gasteiger partial charge in [-0.25, -0.2) is 0 Å². The summed E-state index contributed by atoms with van der Waals surface area (Å²) in [7, 11) is 0. The first-order valence-corrected chi connectivity index (χ1v) is 11.3. The van der Waals surface area contributed by atoms with Crippen molar-refractivity contribution in [3.63, 3.8) is 0 Å². The predicted molar refractivity (Wildman–Crippen MR) is 100 cm³/mol. The Morgan fingerprint density at radius 3 is 2.46 bits per heavy atom. The minimum absolute atomic E-state index is 0.213. The molecule has 0 radical (unpaired) electrons. The van der Waals surface area contributed by atoms with Crippen LogP contribution in [0.5, 0.6) is 0 Å². The molecule has 5 aliphatic rings. The van der Waals surface area contributed by atoms with Crippen molar-refractivity contribution in [2.24, 2.45) is 46.8 Å². The molecular formula is C23H36O3. The molecule has 1 heterocycles. The monoisotopic (exact) mass is 360 g/mol. The number of fused-ring (bicyclic) bond motifs is 5. The first kappa shape index (κ1) is 17.7. The zero-order valence-electron chi connectivity index (χ0n) is 16.6.